The molecule has 2 atom stereocenters. The molecular weight excluding hydrogens is 240 g/mol. The standard InChI is InChI=1S/C16H22OS/c1-13-6-8-15(9-7-13)18-12-16(2)10-4-5-14(11-16)17-3/h4,6-10,14H,5,11-12H2,1-3H3/t14-,16-/m0/s1. The molecule has 0 aliphatic heterocycles. The summed E-state index contributed by atoms with van der Waals surface area (Å²) in [5.41, 5.74) is 1.58. The van der Waals surface area contributed by atoms with Gasteiger partial charge in [0.1, 0.15) is 0 Å². The number of allylic oxidation sites excluding steroid dienone is 1. The van der Waals surface area contributed by atoms with Crippen LogP contribution in [0, 0.1) is 12.3 Å². The number of methoxy groups -OCH3 is 1. The molecule has 1 aliphatic carbocycles. The fourth-order valence-corrected chi connectivity index (χ4v) is 3.38. The van der Waals surface area contributed by atoms with Gasteiger partial charge in [-0.3, -0.25) is 0 Å². The van der Waals surface area contributed by atoms with E-state index >= 15 is 0 Å². The first-order chi connectivity index (χ1) is 8.61. The van der Waals surface area contributed by atoms with Crippen molar-refractivity contribution in [1.82, 2.24) is 0 Å². The molecule has 0 heterocycles. The summed E-state index contributed by atoms with van der Waals surface area (Å²) in [4.78, 5) is 1.36. The van der Waals surface area contributed by atoms with Gasteiger partial charge in [-0.2, -0.15) is 0 Å². The number of hydrogen-bond acceptors (Lipinski definition) is 2. The van der Waals surface area contributed by atoms with E-state index in [4.69, 9.17) is 4.74 Å². The van der Waals surface area contributed by atoms with Gasteiger partial charge in [-0.15, -0.1) is 11.8 Å². The van der Waals surface area contributed by atoms with E-state index in [0.29, 0.717) is 6.10 Å². The van der Waals surface area contributed by atoms with Crippen LogP contribution in [-0.4, -0.2) is 19.0 Å². The average Bonchev–Trinajstić information content (AvgIpc) is 2.38. The van der Waals surface area contributed by atoms with Crippen LogP contribution in [0.5, 0.6) is 0 Å². The van der Waals surface area contributed by atoms with Gasteiger partial charge in [0.15, 0.2) is 0 Å². The molecule has 1 aromatic rings. The summed E-state index contributed by atoms with van der Waals surface area (Å²) < 4.78 is 5.49. The highest BCUT2D eigenvalue weighted by molar-refractivity contribution is 7.99. The second-order valence-electron chi connectivity index (χ2n) is 5.46. The molecule has 18 heavy (non-hydrogen) atoms. The van der Waals surface area contributed by atoms with Crippen LogP contribution in [0.3, 0.4) is 0 Å². The van der Waals surface area contributed by atoms with Gasteiger partial charge in [0, 0.05) is 17.8 Å². The lowest BCUT2D eigenvalue weighted by atomic mass is 9.81. The van der Waals surface area contributed by atoms with Crippen molar-refractivity contribution in [3.63, 3.8) is 0 Å². The Bertz CT molecular complexity index is 410. The molecule has 0 saturated carbocycles. The van der Waals surface area contributed by atoms with Gasteiger partial charge in [0.05, 0.1) is 6.10 Å². The number of aryl methyl sites for hydroxylation is 1. The van der Waals surface area contributed by atoms with Crippen LogP contribution in [0.2, 0.25) is 0 Å². The molecule has 0 N–H and O–H groups in total. The summed E-state index contributed by atoms with van der Waals surface area (Å²) in [5, 5.41) is 0. The molecular formula is C16H22OS. The second kappa shape index (κ2) is 5.94. The smallest absolute Gasteiger partial charge is 0.0614 e. The molecule has 0 saturated heterocycles. The highest BCUT2D eigenvalue weighted by Gasteiger charge is 2.28. The second-order valence-corrected chi connectivity index (χ2v) is 6.50. The van der Waals surface area contributed by atoms with Crippen molar-refractivity contribution in [2.75, 3.05) is 12.9 Å². The molecule has 2 heteroatoms. The van der Waals surface area contributed by atoms with Crippen LogP contribution in [0.25, 0.3) is 0 Å². The topological polar surface area (TPSA) is 9.23 Å². The Balaban J connectivity index is 1.94. The molecule has 98 valence electrons. The van der Waals surface area contributed by atoms with Crippen molar-refractivity contribution in [3.05, 3.63) is 42.0 Å². The van der Waals surface area contributed by atoms with E-state index in [1.54, 1.807) is 0 Å². The molecule has 2 rings (SSSR count). The van der Waals surface area contributed by atoms with Gasteiger partial charge >= 0.3 is 0 Å². The van der Waals surface area contributed by atoms with Crippen molar-refractivity contribution >= 4 is 11.8 Å². The molecule has 0 spiro atoms. The Kier molecular flexibility index (Phi) is 4.52. The maximum Gasteiger partial charge on any atom is 0.0614 e. The van der Waals surface area contributed by atoms with Crippen molar-refractivity contribution in [2.24, 2.45) is 5.41 Å². The predicted molar refractivity (Wildman–Crippen MR) is 79.2 cm³/mol. The number of hydrogen-bond donors (Lipinski definition) is 0. The highest BCUT2D eigenvalue weighted by atomic mass is 32.2. The van der Waals surface area contributed by atoms with E-state index in [-0.39, 0.29) is 5.41 Å². The molecule has 0 fully saturated rings. The molecule has 1 aromatic carbocycles. The lowest BCUT2D eigenvalue weighted by molar-refractivity contribution is 0.0696. The highest BCUT2D eigenvalue weighted by Crippen LogP contribution is 2.37. The average molecular weight is 262 g/mol. The van der Waals surface area contributed by atoms with Crippen molar-refractivity contribution < 1.29 is 4.74 Å². The summed E-state index contributed by atoms with van der Waals surface area (Å²) in [7, 11) is 1.82. The van der Waals surface area contributed by atoms with Crippen molar-refractivity contribution in [3.8, 4) is 0 Å². The summed E-state index contributed by atoms with van der Waals surface area (Å²) in [5.74, 6) is 1.12. The van der Waals surface area contributed by atoms with E-state index < -0.39 is 0 Å². The Labute approximate surface area is 115 Å². The first-order valence-corrected chi connectivity index (χ1v) is 7.50. The lowest BCUT2D eigenvalue weighted by Gasteiger charge is -2.33. The van der Waals surface area contributed by atoms with Crippen LogP contribution in [-0.2, 0) is 4.74 Å². The van der Waals surface area contributed by atoms with Gasteiger partial charge in [0.2, 0.25) is 0 Å². The third-order valence-corrected chi connectivity index (χ3v) is 4.95. The third-order valence-electron chi connectivity index (χ3n) is 3.54. The predicted octanol–water partition coefficient (Wildman–Crippen LogP) is 4.46. The van der Waals surface area contributed by atoms with Crippen molar-refractivity contribution in [1.29, 1.82) is 0 Å². The Morgan fingerprint density at radius 1 is 1.33 bits per heavy atom. The van der Waals surface area contributed by atoms with Gasteiger partial charge in [-0.05, 0) is 37.3 Å². The van der Waals surface area contributed by atoms with Gasteiger partial charge in [-0.1, -0.05) is 36.8 Å². The van der Waals surface area contributed by atoms with E-state index in [2.05, 4.69) is 50.3 Å². The monoisotopic (exact) mass is 262 g/mol. The van der Waals surface area contributed by atoms with E-state index in [9.17, 15) is 0 Å². The minimum Gasteiger partial charge on any atom is -0.381 e. The van der Waals surface area contributed by atoms with Gasteiger partial charge in [0.25, 0.3) is 0 Å². The first-order valence-electron chi connectivity index (χ1n) is 6.51. The van der Waals surface area contributed by atoms with Crippen LogP contribution in [0.4, 0.5) is 0 Å². The Morgan fingerprint density at radius 3 is 2.72 bits per heavy atom. The summed E-state index contributed by atoms with van der Waals surface area (Å²) >= 11 is 1.94. The minimum atomic E-state index is 0.258. The molecule has 0 amide bonds. The molecule has 1 nitrogen and oxygen atoms in total. The van der Waals surface area contributed by atoms with E-state index in [0.717, 1.165) is 18.6 Å². The van der Waals surface area contributed by atoms with Crippen LogP contribution in [0.1, 0.15) is 25.3 Å². The lowest BCUT2D eigenvalue weighted by Crippen LogP contribution is -2.28. The van der Waals surface area contributed by atoms with Crippen LogP contribution in [0.15, 0.2) is 41.3 Å². The SMILES string of the molecule is CO[C@H]1CC=C[C@](C)(CSc2ccc(C)cc2)C1. The quantitative estimate of drug-likeness (QED) is 0.585. The molecule has 0 unspecified atom stereocenters. The largest absolute Gasteiger partial charge is 0.381 e. The third kappa shape index (κ3) is 3.63. The van der Waals surface area contributed by atoms with Gasteiger partial charge < -0.3 is 4.74 Å². The molecule has 0 bridgehead atoms. The zero-order valence-electron chi connectivity index (χ0n) is 11.5. The van der Waals surface area contributed by atoms with E-state index in [1.165, 1.54) is 10.5 Å². The number of rotatable bonds is 4. The maximum atomic E-state index is 5.49. The van der Waals surface area contributed by atoms with Crippen molar-refractivity contribution in [2.45, 2.75) is 37.7 Å². The number of thioether (sulfide) groups is 1. The summed E-state index contributed by atoms with van der Waals surface area (Å²) in [6, 6.07) is 8.78. The fourth-order valence-electron chi connectivity index (χ4n) is 2.35. The minimum absolute atomic E-state index is 0.258. The summed E-state index contributed by atoms with van der Waals surface area (Å²) in [6.45, 7) is 4.46. The van der Waals surface area contributed by atoms with E-state index in [1.807, 2.05) is 18.9 Å². The normalized spacial score (nSPS) is 27.4. The number of ether oxygens (including phenoxy) is 1. The zero-order chi connectivity index (χ0) is 13.0. The summed E-state index contributed by atoms with van der Waals surface area (Å²) in [6.07, 6.45) is 7.20. The van der Waals surface area contributed by atoms with Crippen LogP contribution >= 0.6 is 11.8 Å². The molecule has 0 aromatic heterocycles. The van der Waals surface area contributed by atoms with Gasteiger partial charge in [-0.25, -0.2) is 0 Å². The molecule has 1 aliphatic rings. The number of benzene rings is 1. The van der Waals surface area contributed by atoms with Crippen LogP contribution < -0.4 is 0 Å². The Hall–Kier alpha value is -0.730. The Morgan fingerprint density at radius 2 is 2.06 bits per heavy atom. The zero-order valence-corrected chi connectivity index (χ0v) is 12.3. The first kappa shape index (κ1) is 13.7. The maximum absolute atomic E-state index is 5.49. The molecule has 0 radical (unpaired) electrons. The fraction of sp³-hybridized carbons (Fsp3) is 0.500.